The number of nitrogens with zero attached hydrogens (tertiary/aromatic N) is 3. The zero-order valence-electron chi connectivity index (χ0n) is 13.1. The SMILES string of the molecule is O=C(NCCOCCO)c1ccc(-c2cnc3cnccn23)cc1. The maximum atomic E-state index is 12.0. The minimum atomic E-state index is -0.156. The van der Waals surface area contributed by atoms with Crippen LogP contribution in [0.2, 0.25) is 0 Å². The van der Waals surface area contributed by atoms with Gasteiger partial charge in [0.05, 0.1) is 37.9 Å². The van der Waals surface area contributed by atoms with E-state index in [9.17, 15) is 4.79 Å². The van der Waals surface area contributed by atoms with E-state index in [4.69, 9.17) is 9.84 Å². The molecule has 0 fully saturated rings. The highest BCUT2D eigenvalue weighted by molar-refractivity contribution is 5.94. The lowest BCUT2D eigenvalue weighted by Gasteiger charge is -2.07. The Morgan fingerprint density at radius 3 is 2.83 bits per heavy atom. The molecule has 1 aromatic carbocycles. The van der Waals surface area contributed by atoms with Crippen LogP contribution in [0.4, 0.5) is 0 Å². The third kappa shape index (κ3) is 3.58. The van der Waals surface area contributed by atoms with Gasteiger partial charge in [0.2, 0.25) is 0 Å². The van der Waals surface area contributed by atoms with Crippen molar-refractivity contribution in [3.8, 4) is 11.3 Å². The minimum absolute atomic E-state index is 0.0191. The highest BCUT2D eigenvalue weighted by Crippen LogP contribution is 2.20. The third-order valence-electron chi connectivity index (χ3n) is 3.53. The predicted octanol–water partition coefficient (Wildman–Crippen LogP) is 1.14. The quantitative estimate of drug-likeness (QED) is 0.636. The van der Waals surface area contributed by atoms with Crippen LogP contribution in [0.1, 0.15) is 10.4 Å². The molecule has 0 aliphatic carbocycles. The molecule has 7 nitrogen and oxygen atoms in total. The highest BCUT2D eigenvalue weighted by Gasteiger charge is 2.08. The van der Waals surface area contributed by atoms with Crippen LogP contribution >= 0.6 is 0 Å². The summed E-state index contributed by atoms with van der Waals surface area (Å²) >= 11 is 0. The Balaban J connectivity index is 1.66. The number of carbonyl (C=O) groups excluding carboxylic acids is 1. The van der Waals surface area contributed by atoms with Crippen molar-refractivity contribution in [2.75, 3.05) is 26.4 Å². The summed E-state index contributed by atoms with van der Waals surface area (Å²) in [5, 5.41) is 11.4. The smallest absolute Gasteiger partial charge is 0.251 e. The third-order valence-corrected chi connectivity index (χ3v) is 3.53. The zero-order valence-corrected chi connectivity index (χ0v) is 13.1. The number of nitrogens with one attached hydrogen (secondary N) is 1. The number of benzene rings is 1. The highest BCUT2D eigenvalue weighted by atomic mass is 16.5. The summed E-state index contributed by atoms with van der Waals surface area (Å²) in [5.74, 6) is -0.156. The molecule has 0 unspecified atom stereocenters. The number of rotatable bonds is 7. The zero-order chi connectivity index (χ0) is 16.8. The van der Waals surface area contributed by atoms with Crippen LogP contribution in [0.25, 0.3) is 16.9 Å². The van der Waals surface area contributed by atoms with E-state index in [-0.39, 0.29) is 19.1 Å². The average molecular weight is 326 g/mol. The van der Waals surface area contributed by atoms with E-state index < -0.39 is 0 Å². The maximum absolute atomic E-state index is 12.0. The molecule has 2 N–H and O–H groups in total. The van der Waals surface area contributed by atoms with Crippen LogP contribution in [-0.2, 0) is 4.74 Å². The first-order valence-corrected chi connectivity index (χ1v) is 7.64. The number of fused-ring (bicyclic) bond motifs is 1. The standard InChI is InChI=1S/C17H18N4O3/c22-8-10-24-9-6-19-17(23)14-3-1-13(2-4-14)15-11-20-16-12-18-5-7-21(15)16/h1-5,7,11-12,22H,6,8-10H2,(H,19,23). The molecule has 0 aliphatic heterocycles. The molecular weight excluding hydrogens is 308 g/mol. The van der Waals surface area contributed by atoms with Crippen LogP contribution in [0.15, 0.2) is 49.1 Å². The first-order valence-electron chi connectivity index (χ1n) is 7.64. The van der Waals surface area contributed by atoms with Gasteiger partial charge < -0.3 is 15.2 Å². The van der Waals surface area contributed by atoms with Gasteiger partial charge >= 0.3 is 0 Å². The van der Waals surface area contributed by atoms with E-state index in [1.807, 2.05) is 22.7 Å². The summed E-state index contributed by atoms with van der Waals surface area (Å²) in [4.78, 5) is 20.4. The van der Waals surface area contributed by atoms with Crippen molar-refractivity contribution < 1.29 is 14.6 Å². The monoisotopic (exact) mass is 326 g/mol. The molecule has 2 heterocycles. The molecular formula is C17H18N4O3. The number of aliphatic hydroxyl groups is 1. The number of hydrogen-bond acceptors (Lipinski definition) is 5. The summed E-state index contributed by atoms with van der Waals surface area (Å²) < 4.78 is 7.04. The van der Waals surface area contributed by atoms with Gasteiger partial charge in [-0.1, -0.05) is 12.1 Å². The molecule has 24 heavy (non-hydrogen) atoms. The second-order valence-corrected chi connectivity index (χ2v) is 5.12. The number of hydrogen-bond donors (Lipinski definition) is 2. The number of ether oxygens (including phenoxy) is 1. The van der Waals surface area contributed by atoms with E-state index in [1.165, 1.54) is 0 Å². The van der Waals surface area contributed by atoms with Crippen molar-refractivity contribution in [2.45, 2.75) is 0 Å². The predicted molar refractivity (Wildman–Crippen MR) is 88.7 cm³/mol. The summed E-state index contributed by atoms with van der Waals surface area (Å²) in [6.45, 7) is 1.04. The van der Waals surface area contributed by atoms with Gasteiger partial charge in [-0.15, -0.1) is 0 Å². The van der Waals surface area contributed by atoms with E-state index >= 15 is 0 Å². The topological polar surface area (TPSA) is 88.8 Å². The number of carbonyl (C=O) groups is 1. The first-order chi connectivity index (χ1) is 11.8. The molecule has 1 amide bonds. The Bertz CT molecular complexity index is 814. The normalized spacial score (nSPS) is 10.9. The lowest BCUT2D eigenvalue weighted by molar-refractivity contribution is 0.0838. The number of aliphatic hydroxyl groups excluding tert-OH is 1. The second-order valence-electron chi connectivity index (χ2n) is 5.12. The van der Waals surface area contributed by atoms with Crippen molar-refractivity contribution in [2.24, 2.45) is 0 Å². The number of amides is 1. The van der Waals surface area contributed by atoms with Crippen LogP contribution in [0.3, 0.4) is 0 Å². The largest absolute Gasteiger partial charge is 0.394 e. The van der Waals surface area contributed by atoms with Gasteiger partial charge in [-0.05, 0) is 12.1 Å². The van der Waals surface area contributed by atoms with Crippen LogP contribution in [0.5, 0.6) is 0 Å². The van der Waals surface area contributed by atoms with Crippen molar-refractivity contribution in [1.82, 2.24) is 19.7 Å². The summed E-state index contributed by atoms with van der Waals surface area (Å²) in [7, 11) is 0. The first kappa shape index (κ1) is 16.1. The second kappa shape index (κ2) is 7.67. The molecule has 0 atom stereocenters. The lowest BCUT2D eigenvalue weighted by Crippen LogP contribution is -2.27. The van der Waals surface area contributed by atoms with E-state index in [2.05, 4.69) is 15.3 Å². The van der Waals surface area contributed by atoms with E-state index in [0.717, 1.165) is 16.9 Å². The molecule has 124 valence electrons. The molecule has 3 aromatic rings. The summed E-state index contributed by atoms with van der Waals surface area (Å²) in [6.07, 6.45) is 7.04. The molecule has 3 rings (SSSR count). The Hall–Kier alpha value is -2.77. The molecule has 0 spiro atoms. The Morgan fingerprint density at radius 1 is 1.21 bits per heavy atom. The van der Waals surface area contributed by atoms with Crippen molar-refractivity contribution in [1.29, 1.82) is 0 Å². The van der Waals surface area contributed by atoms with Crippen LogP contribution in [0, 0.1) is 0 Å². The van der Waals surface area contributed by atoms with E-state index in [1.54, 1.807) is 30.7 Å². The Kier molecular flexibility index (Phi) is 5.15. The molecule has 7 heteroatoms. The summed E-state index contributed by atoms with van der Waals surface area (Å²) in [5.41, 5.74) is 3.27. The van der Waals surface area contributed by atoms with Gasteiger partial charge in [0.1, 0.15) is 0 Å². The van der Waals surface area contributed by atoms with Gasteiger partial charge in [0.15, 0.2) is 5.65 Å². The summed E-state index contributed by atoms with van der Waals surface area (Å²) in [6, 6.07) is 7.34. The van der Waals surface area contributed by atoms with E-state index in [0.29, 0.717) is 18.7 Å². The van der Waals surface area contributed by atoms with Crippen molar-refractivity contribution in [3.63, 3.8) is 0 Å². The molecule has 0 radical (unpaired) electrons. The molecule has 0 saturated carbocycles. The van der Waals surface area contributed by atoms with Crippen molar-refractivity contribution >= 4 is 11.6 Å². The lowest BCUT2D eigenvalue weighted by atomic mass is 10.1. The molecule has 0 saturated heterocycles. The van der Waals surface area contributed by atoms with Gasteiger partial charge in [0, 0.05) is 30.1 Å². The maximum Gasteiger partial charge on any atom is 0.251 e. The fourth-order valence-electron chi connectivity index (χ4n) is 2.35. The van der Waals surface area contributed by atoms with Crippen LogP contribution in [-0.4, -0.2) is 51.7 Å². The van der Waals surface area contributed by atoms with Gasteiger partial charge in [-0.25, -0.2) is 4.98 Å². The number of aromatic nitrogens is 3. The van der Waals surface area contributed by atoms with Gasteiger partial charge in [0.25, 0.3) is 5.91 Å². The average Bonchev–Trinajstić information content (AvgIpc) is 3.05. The number of imidazole rings is 1. The molecule has 2 aromatic heterocycles. The molecule has 0 bridgehead atoms. The van der Waals surface area contributed by atoms with Crippen LogP contribution < -0.4 is 5.32 Å². The Morgan fingerprint density at radius 2 is 2.04 bits per heavy atom. The fourth-order valence-corrected chi connectivity index (χ4v) is 2.35. The minimum Gasteiger partial charge on any atom is -0.394 e. The molecule has 0 aliphatic rings. The van der Waals surface area contributed by atoms with Gasteiger partial charge in [-0.2, -0.15) is 0 Å². The van der Waals surface area contributed by atoms with Crippen molar-refractivity contribution in [3.05, 3.63) is 54.6 Å². The Labute approximate surface area is 138 Å². The van der Waals surface area contributed by atoms with Gasteiger partial charge in [-0.3, -0.25) is 14.2 Å². The fraction of sp³-hybridized carbons (Fsp3) is 0.235.